The first-order valence-electron chi connectivity index (χ1n) is 5.07. The minimum atomic E-state index is -0.507. The largest absolute Gasteiger partial charge is 0.461 e. The molecule has 1 amide bonds. The predicted octanol–water partition coefficient (Wildman–Crippen LogP) is 1.08. The van der Waals surface area contributed by atoms with Crippen molar-refractivity contribution in [3.8, 4) is 0 Å². The van der Waals surface area contributed by atoms with E-state index in [1.54, 1.807) is 20.9 Å². The van der Waals surface area contributed by atoms with Gasteiger partial charge in [0.05, 0.1) is 6.61 Å². The zero-order valence-electron chi connectivity index (χ0n) is 9.91. The molecular formula is C10H14ClN3O3. The molecule has 0 saturated heterocycles. The van der Waals surface area contributed by atoms with E-state index < -0.39 is 5.97 Å². The summed E-state index contributed by atoms with van der Waals surface area (Å²) in [5.74, 6) is -0.571. The monoisotopic (exact) mass is 259 g/mol. The van der Waals surface area contributed by atoms with Gasteiger partial charge in [0.15, 0.2) is 5.69 Å². The number of rotatable bonds is 4. The highest BCUT2D eigenvalue weighted by molar-refractivity contribution is 6.29. The van der Waals surface area contributed by atoms with Crippen molar-refractivity contribution in [3.63, 3.8) is 0 Å². The number of aryl methyl sites for hydroxylation is 1. The van der Waals surface area contributed by atoms with E-state index in [0.29, 0.717) is 11.4 Å². The van der Waals surface area contributed by atoms with Crippen LogP contribution >= 0.6 is 11.6 Å². The summed E-state index contributed by atoms with van der Waals surface area (Å²) in [6.07, 6.45) is 0. The van der Waals surface area contributed by atoms with Gasteiger partial charge in [-0.05, 0) is 13.8 Å². The number of alkyl halides is 1. The highest BCUT2D eigenvalue weighted by atomic mass is 35.5. The molecule has 0 bridgehead atoms. The SMILES string of the molecule is CCOC(=O)c1nn(C)c(NC(=O)CCl)c1C. The van der Waals surface area contributed by atoms with Gasteiger partial charge >= 0.3 is 5.97 Å². The van der Waals surface area contributed by atoms with Crippen LogP contribution in [0.1, 0.15) is 23.0 Å². The van der Waals surface area contributed by atoms with Crippen molar-refractivity contribution in [1.82, 2.24) is 9.78 Å². The summed E-state index contributed by atoms with van der Waals surface area (Å²) in [7, 11) is 1.62. The molecule has 0 aliphatic rings. The van der Waals surface area contributed by atoms with Gasteiger partial charge in [-0.1, -0.05) is 0 Å². The second-order valence-corrected chi connectivity index (χ2v) is 3.62. The maximum absolute atomic E-state index is 11.5. The number of carbonyl (C=O) groups is 2. The number of hydrogen-bond acceptors (Lipinski definition) is 4. The second-order valence-electron chi connectivity index (χ2n) is 3.35. The van der Waals surface area contributed by atoms with E-state index in [-0.39, 0.29) is 24.1 Å². The summed E-state index contributed by atoms with van der Waals surface area (Å²) in [6, 6.07) is 0. The van der Waals surface area contributed by atoms with Gasteiger partial charge in [0.25, 0.3) is 0 Å². The molecule has 0 atom stereocenters. The highest BCUT2D eigenvalue weighted by Crippen LogP contribution is 2.18. The fourth-order valence-corrected chi connectivity index (χ4v) is 1.43. The van der Waals surface area contributed by atoms with Crippen molar-refractivity contribution in [2.75, 3.05) is 17.8 Å². The van der Waals surface area contributed by atoms with Crippen LogP contribution in [0.25, 0.3) is 0 Å². The van der Waals surface area contributed by atoms with Gasteiger partial charge in [0.2, 0.25) is 5.91 Å². The third-order valence-electron chi connectivity index (χ3n) is 2.13. The van der Waals surface area contributed by atoms with E-state index in [4.69, 9.17) is 16.3 Å². The van der Waals surface area contributed by atoms with E-state index in [1.807, 2.05) is 0 Å². The average molecular weight is 260 g/mol. The van der Waals surface area contributed by atoms with E-state index in [9.17, 15) is 9.59 Å². The van der Waals surface area contributed by atoms with Crippen molar-refractivity contribution in [2.45, 2.75) is 13.8 Å². The number of amides is 1. The van der Waals surface area contributed by atoms with Crippen LogP contribution in [0.4, 0.5) is 5.82 Å². The minimum Gasteiger partial charge on any atom is -0.461 e. The van der Waals surface area contributed by atoms with Crippen molar-refractivity contribution in [3.05, 3.63) is 11.3 Å². The van der Waals surface area contributed by atoms with Crippen molar-refractivity contribution >= 4 is 29.3 Å². The van der Waals surface area contributed by atoms with Gasteiger partial charge in [0, 0.05) is 12.6 Å². The number of nitrogens with zero attached hydrogens (tertiary/aromatic N) is 2. The van der Waals surface area contributed by atoms with Crippen LogP contribution in [-0.4, -0.2) is 34.1 Å². The molecule has 0 spiro atoms. The Hall–Kier alpha value is -1.56. The quantitative estimate of drug-likeness (QED) is 0.649. The molecule has 7 heteroatoms. The van der Waals surface area contributed by atoms with Gasteiger partial charge in [-0.3, -0.25) is 9.48 Å². The van der Waals surface area contributed by atoms with Crippen molar-refractivity contribution in [1.29, 1.82) is 0 Å². The number of anilines is 1. The Morgan fingerprint density at radius 2 is 2.18 bits per heavy atom. The Labute approximate surface area is 104 Å². The first-order chi connectivity index (χ1) is 8.01. The lowest BCUT2D eigenvalue weighted by Crippen LogP contribution is -2.15. The maximum atomic E-state index is 11.5. The van der Waals surface area contributed by atoms with Crippen molar-refractivity contribution < 1.29 is 14.3 Å². The van der Waals surface area contributed by atoms with Crippen LogP contribution in [0.15, 0.2) is 0 Å². The number of aromatic nitrogens is 2. The lowest BCUT2D eigenvalue weighted by Gasteiger charge is -2.04. The maximum Gasteiger partial charge on any atom is 0.359 e. The highest BCUT2D eigenvalue weighted by Gasteiger charge is 2.20. The number of nitrogens with one attached hydrogen (secondary N) is 1. The van der Waals surface area contributed by atoms with Gasteiger partial charge < -0.3 is 10.1 Å². The van der Waals surface area contributed by atoms with Crippen LogP contribution in [0.2, 0.25) is 0 Å². The first kappa shape index (κ1) is 13.5. The molecule has 94 valence electrons. The lowest BCUT2D eigenvalue weighted by molar-refractivity contribution is -0.114. The fraction of sp³-hybridized carbons (Fsp3) is 0.500. The molecule has 0 aromatic carbocycles. The molecule has 0 aliphatic carbocycles. The number of esters is 1. The van der Waals surface area contributed by atoms with Crippen LogP contribution in [-0.2, 0) is 16.6 Å². The van der Waals surface area contributed by atoms with Crippen LogP contribution in [0.3, 0.4) is 0 Å². The van der Waals surface area contributed by atoms with Gasteiger partial charge in [0.1, 0.15) is 11.7 Å². The smallest absolute Gasteiger partial charge is 0.359 e. The number of ether oxygens (including phenoxy) is 1. The van der Waals surface area contributed by atoms with Crippen LogP contribution in [0, 0.1) is 6.92 Å². The normalized spacial score (nSPS) is 10.1. The number of carbonyl (C=O) groups excluding carboxylic acids is 2. The third-order valence-corrected chi connectivity index (χ3v) is 2.37. The van der Waals surface area contributed by atoms with Gasteiger partial charge in [-0.2, -0.15) is 5.10 Å². The summed E-state index contributed by atoms with van der Waals surface area (Å²) in [6.45, 7) is 3.67. The van der Waals surface area contributed by atoms with E-state index in [0.717, 1.165) is 0 Å². The molecule has 1 N–H and O–H groups in total. The zero-order valence-corrected chi connectivity index (χ0v) is 10.7. The minimum absolute atomic E-state index is 0.153. The van der Waals surface area contributed by atoms with Crippen LogP contribution in [0.5, 0.6) is 0 Å². The van der Waals surface area contributed by atoms with E-state index in [1.165, 1.54) is 4.68 Å². The van der Waals surface area contributed by atoms with E-state index >= 15 is 0 Å². The molecule has 0 radical (unpaired) electrons. The Kier molecular flexibility index (Phi) is 4.51. The Bertz CT molecular complexity index is 442. The first-order valence-corrected chi connectivity index (χ1v) is 5.61. The summed E-state index contributed by atoms with van der Waals surface area (Å²) < 4.78 is 6.26. The van der Waals surface area contributed by atoms with Gasteiger partial charge in [-0.15, -0.1) is 11.6 Å². The summed E-state index contributed by atoms with van der Waals surface area (Å²) in [4.78, 5) is 22.7. The predicted molar refractivity (Wildman–Crippen MR) is 63.3 cm³/mol. The Morgan fingerprint density at radius 3 is 2.71 bits per heavy atom. The van der Waals surface area contributed by atoms with Crippen LogP contribution < -0.4 is 5.32 Å². The molecule has 1 aromatic rings. The number of halogens is 1. The summed E-state index contributed by atoms with van der Waals surface area (Å²) >= 11 is 5.39. The topological polar surface area (TPSA) is 73.2 Å². The molecule has 1 aromatic heterocycles. The molecule has 1 heterocycles. The summed E-state index contributed by atoms with van der Waals surface area (Å²) in [5, 5.41) is 6.57. The van der Waals surface area contributed by atoms with Crippen molar-refractivity contribution in [2.24, 2.45) is 7.05 Å². The molecule has 6 nitrogen and oxygen atoms in total. The second kappa shape index (κ2) is 5.67. The fourth-order valence-electron chi connectivity index (χ4n) is 1.36. The average Bonchev–Trinajstić information content (AvgIpc) is 2.57. The standard InChI is InChI=1S/C10H14ClN3O3/c1-4-17-10(16)8-6(2)9(14(3)13-8)12-7(15)5-11/h4-5H2,1-3H3,(H,12,15). The number of hydrogen-bond donors (Lipinski definition) is 1. The summed E-state index contributed by atoms with van der Waals surface area (Å²) in [5.41, 5.74) is 0.753. The Morgan fingerprint density at radius 1 is 1.53 bits per heavy atom. The molecule has 0 aliphatic heterocycles. The Balaban J connectivity index is 3.01. The van der Waals surface area contributed by atoms with Gasteiger partial charge in [-0.25, -0.2) is 4.79 Å². The molecule has 0 saturated carbocycles. The zero-order chi connectivity index (χ0) is 13.0. The van der Waals surface area contributed by atoms with E-state index in [2.05, 4.69) is 10.4 Å². The molecule has 0 unspecified atom stereocenters. The molecule has 17 heavy (non-hydrogen) atoms. The molecule has 0 fully saturated rings. The molecule has 1 rings (SSSR count). The molecular weight excluding hydrogens is 246 g/mol. The lowest BCUT2D eigenvalue weighted by atomic mass is 10.2. The third kappa shape index (κ3) is 2.97.